The van der Waals surface area contributed by atoms with E-state index in [1.165, 1.54) is 0 Å². The molecule has 2 aromatic rings. The highest BCUT2D eigenvalue weighted by Crippen LogP contribution is 2.14. The highest BCUT2D eigenvalue weighted by atomic mass is 127. The molecule has 0 spiro atoms. The average Bonchev–Trinajstić information content (AvgIpc) is 2.82. The standard InChI is InChI=1S/C15H16INO3/c1-10(2)19-15(18)11-3-5-12(6-4-11)17-9-13-7-8-14(16)20-13/h3-8,10,17H,9H2,1-2H3. The number of halogens is 1. The number of nitrogens with one attached hydrogen (secondary N) is 1. The van der Waals surface area contributed by atoms with Crippen LogP contribution < -0.4 is 5.32 Å². The summed E-state index contributed by atoms with van der Waals surface area (Å²) in [5.74, 6) is 0.574. The van der Waals surface area contributed by atoms with Gasteiger partial charge < -0.3 is 14.5 Å². The number of carbonyl (C=O) groups excluding carboxylic acids is 1. The number of hydrogen-bond donors (Lipinski definition) is 1. The number of hydrogen-bond acceptors (Lipinski definition) is 4. The quantitative estimate of drug-likeness (QED) is 0.623. The molecule has 0 atom stereocenters. The van der Waals surface area contributed by atoms with E-state index in [1.807, 2.05) is 38.1 Å². The monoisotopic (exact) mass is 385 g/mol. The first-order valence-corrected chi connectivity index (χ1v) is 7.41. The molecule has 0 unspecified atom stereocenters. The van der Waals surface area contributed by atoms with E-state index in [9.17, 15) is 4.79 Å². The van der Waals surface area contributed by atoms with Crippen LogP contribution in [0.3, 0.4) is 0 Å². The summed E-state index contributed by atoms with van der Waals surface area (Å²) in [6, 6.07) is 11.1. The van der Waals surface area contributed by atoms with Crippen molar-refractivity contribution in [2.24, 2.45) is 0 Å². The first-order chi connectivity index (χ1) is 9.54. The molecule has 1 heterocycles. The Kier molecular flexibility index (Phi) is 5.05. The second-order valence-corrected chi connectivity index (χ2v) is 5.65. The van der Waals surface area contributed by atoms with Crippen LogP contribution in [0.2, 0.25) is 0 Å². The summed E-state index contributed by atoms with van der Waals surface area (Å²) < 4.78 is 11.5. The summed E-state index contributed by atoms with van der Waals surface area (Å²) in [6.45, 7) is 4.27. The largest absolute Gasteiger partial charge is 0.459 e. The molecule has 0 fully saturated rings. The van der Waals surface area contributed by atoms with Gasteiger partial charge in [-0.25, -0.2) is 4.79 Å². The van der Waals surface area contributed by atoms with E-state index >= 15 is 0 Å². The number of rotatable bonds is 5. The van der Waals surface area contributed by atoms with Crippen LogP contribution in [0.1, 0.15) is 30.0 Å². The molecule has 5 heteroatoms. The third kappa shape index (κ3) is 4.26. The van der Waals surface area contributed by atoms with Gasteiger partial charge in [0.2, 0.25) is 0 Å². The van der Waals surface area contributed by atoms with Gasteiger partial charge in [-0.2, -0.15) is 0 Å². The Morgan fingerprint density at radius 2 is 1.95 bits per heavy atom. The van der Waals surface area contributed by atoms with Crippen LogP contribution in [-0.4, -0.2) is 12.1 Å². The van der Waals surface area contributed by atoms with Crippen molar-refractivity contribution in [3.05, 3.63) is 51.5 Å². The van der Waals surface area contributed by atoms with Crippen molar-refractivity contribution in [1.29, 1.82) is 0 Å². The minimum absolute atomic E-state index is 0.110. The minimum atomic E-state index is -0.299. The zero-order valence-corrected chi connectivity index (χ0v) is 13.5. The van der Waals surface area contributed by atoms with Gasteiger partial charge in [-0.3, -0.25) is 0 Å². The van der Waals surface area contributed by atoms with Gasteiger partial charge in [0.1, 0.15) is 5.76 Å². The molecular formula is C15H16INO3. The van der Waals surface area contributed by atoms with Crippen molar-refractivity contribution in [3.8, 4) is 0 Å². The summed E-state index contributed by atoms with van der Waals surface area (Å²) in [5.41, 5.74) is 1.48. The van der Waals surface area contributed by atoms with E-state index in [2.05, 4.69) is 27.9 Å². The van der Waals surface area contributed by atoms with Gasteiger partial charge in [0.15, 0.2) is 3.77 Å². The van der Waals surface area contributed by atoms with E-state index in [4.69, 9.17) is 9.15 Å². The van der Waals surface area contributed by atoms with E-state index < -0.39 is 0 Å². The van der Waals surface area contributed by atoms with E-state index in [0.29, 0.717) is 12.1 Å². The maximum Gasteiger partial charge on any atom is 0.338 e. The van der Waals surface area contributed by atoms with Crippen molar-refractivity contribution in [2.45, 2.75) is 26.5 Å². The van der Waals surface area contributed by atoms with Crippen molar-refractivity contribution < 1.29 is 13.9 Å². The lowest BCUT2D eigenvalue weighted by Crippen LogP contribution is -2.11. The second-order valence-electron chi connectivity index (χ2n) is 4.59. The van der Waals surface area contributed by atoms with Crippen LogP contribution in [0, 0.1) is 3.77 Å². The Labute approximate surface area is 131 Å². The molecule has 106 valence electrons. The number of benzene rings is 1. The van der Waals surface area contributed by atoms with Crippen LogP contribution in [0.4, 0.5) is 5.69 Å². The zero-order valence-electron chi connectivity index (χ0n) is 11.4. The maximum absolute atomic E-state index is 11.7. The Morgan fingerprint density at radius 3 is 2.50 bits per heavy atom. The first-order valence-electron chi connectivity index (χ1n) is 6.34. The third-order valence-corrected chi connectivity index (χ3v) is 3.14. The predicted molar refractivity (Wildman–Crippen MR) is 85.7 cm³/mol. The lowest BCUT2D eigenvalue weighted by molar-refractivity contribution is 0.0378. The lowest BCUT2D eigenvalue weighted by atomic mass is 10.2. The molecule has 0 radical (unpaired) electrons. The van der Waals surface area contributed by atoms with Crippen molar-refractivity contribution in [2.75, 3.05) is 5.32 Å². The molecule has 1 aromatic carbocycles. The smallest absolute Gasteiger partial charge is 0.338 e. The van der Waals surface area contributed by atoms with Crippen molar-refractivity contribution in [3.63, 3.8) is 0 Å². The molecule has 0 saturated carbocycles. The molecule has 4 nitrogen and oxygen atoms in total. The Balaban J connectivity index is 1.93. The molecule has 0 aliphatic carbocycles. The fourth-order valence-corrected chi connectivity index (χ4v) is 2.10. The predicted octanol–water partition coefficient (Wildman–Crippen LogP) is 4.06. The number of ether oxygens (including phenoxy) is 1. The molecular weight excluding hydrogens is 369 g/mol. The fraction of sp³-hybridized carbons (Fsp3) is 0.267. The maximum atomic E-state index is 11.7. The number of esters is 1. The Hall–Kier alpha value is -1.50. The summed E-state index contributed by atoms with van der Waals surface area (Å²) in [7, 11) is 0. The van der Waals surface area contributed by atoms with E-state index in [1.54, 1.807) is 12.1 Å². The highest BCUT2D eigenvalue weighted by Gasteiger charge is 2.08. The molecule has 1 N–H and O–H groups in total. The lowest BCUT2D eigenvalue weighted by Gasteiger charge is -2.09. The molecule has 0 aliphatic rings. The minimum Gasteiger partial charge on any atom is -0.459 e. The van der Waals surface area contributed by atoms with E-state index in [0.717, 1.165) is 15.2 Å². The topological polar surface area (TPSA) is 51.5 Å². The van der Waals surface area contributed by atoms with Gasteiger partial charge in [0.25, 0.3) is 0 Å². The van der Waals surface area contributed by atoms with Gasteiger partial charge in [0, 0.05) is 5.69 Å². The van der Waals surface area contributed by atoms with Crippen molar-refractivity contribution in [1.82, 2.24) is 0 Å². The van der Waals surface area contributed by atoms with Gasteiger partial charge in [0.05, 0.1) is 18.2 Å². The molecule has 0 bridgehead atoms. The van der Waals surface area contributed by atoms with Crippen molar-refractivity contribution >= 4 is 34.2 Å². The molecule has 0 amide bonds. The van der Waals surface area contributed by atoms with Crippen LogP contribution in [0.15, 0.2) is 40.8 Å². The summed E-state index contributed by atoms with van der Waals surface area (Å²) in [5, 5.41) is 3.23. The molecule has 20 heavy (non-hydrogen) atoms. The Bertz CT molecular complexity index is 575. The first kappa shape index (κ1) is 14.9. The summed E-state index contributed by atoms with van der Waals surface area (Å²) in [4.78, 5) is 11.7. The molecule has 0 saturated heterocycles. The van der Waals surface area contributed by atoms with E-state index in [-0.39, 0.29) is 12.1 Å². The molecule has 2 rings (SSSR count). The van der Waals surface area contributed by atoms with Gasteiger partial charge >= 0.3 is 5.97 Å². The number of furan rings is 1. The number of anilines is 1. The van der Waals surface area contributed by atoms with Crippen LogP contribution in [0.25, 0.3) is 0 Å². The third-order valence-electron chi connectivity index (χ3n) is 2.56. The van der Waals surface area contributed by atoms with Gasteiger partial charge in [-0.05, 0) is 72.8 Å². The van der Waals surface area contributed by atoms with Crippen LogP contribution >= 0.6 is 22.6 Å². The highest BCUT2D eigenvalue weighted by molar-refractivity contribution is 14.1. The Morgan fingerprint density at radius 1 is 1.25 bits per heavy atom. The SMILES string of the molecule is CC(C)OC(=O)c1ccc(NCc2ccc(I)o2)cc1. The zero-order chi connectivity index (χ0) is 14.5. The second kappa shape index (κ2) is 6.78. The number of carbonyl (C=O) groups is 1. The van der Waals surface area contributed by atoms with Gasteiger partial charge in [-0.15, -0.1) is 0 Å². The molecule has 1 aromatic heterocycles. The summed E-state index contributed by atoms with van der Waals surface area (Å²) >= 11 is 2.13. The summed E-state index contributed by atoms with van der Waals surface area (Å²) in [6.07, 6.45) is -0.110. The fourth-order valence-electron chi connectivity index (χ4n) is 1.64. The normalized spacial score (nSPS) is 10.6. The molecule has 0 aliphatic heterocycles. The van der Waals surface area contributed by atoms with Crippen LogP contribution in [0.5, 0.6) is 0 Å². The van der Waals surface area contributed by atoms with Crippen LogP contribution in [-0.2, 0) is 11.3 Å². The average molecular weight is 385 g/mol. The van der Waals surface area contributed by atoms with Gasteiger partial charge in [-0.1, -0.05) is 0 Å².